The predicted molar refractivity (Wildman–Crippen MR) is 84.8 cm³/mol. The van der Waals surface area contributed by atoms with E-state index in [9.17, 15) is 14.7 Å². The Labute approximate surface area is 132 Å². The number of hydrogen-bond acceptors (Lipinski definition) is 5. The zero-order valence-electron chi connectivity index (χ0n) is 12.1. The van der Waals surface area contributed by atoms with Crippen molar-refractivity contribution in [2.24, 2.45) is 5.92 Å². The summed E-state index contributed by atoms with van der Waals surface area (Å²) in [4.78, 5) is 28.0. The van der Waals surface area contributed by atoms with Crippen molar-refractivity contribution in [2.75, 3.05) is 26.1 Å². The molecule has 5 nitrogen and oxygen atoms in total. The zero-order valence-corrected chi connectivity index (χ0v) is 13.8. The second-order valence-corrected chi connectivity index (χ2v) is 7.32. The van der Waals surface area contributed by atoms with Crippen LogP contribution in [0.1, 0.15) is 0 Å². The van der Waals surface area contributed by atoms with Crippen molar-refractivity contribution < 1.29 is 14.7 Å². The van der Waals surface area contributed by atoms with Crippen LogP contribution in [-0.4, -0.2) is 69.2 Å². The fourth-order valence-corrected chi connectivity index (χ4v) is 5.37. The lowest BCUT2D eigenvalue weighted by atomic mass is 9.87. The average molecular weight is 326 g/mol. The molecule has 1 aliphatic carbocycles. The topological polar surface area (TPSA) is 60.9 Å². The summed E-state index contributed by atoms with van der Waals surface area (Å²) in [5.74, 6) is -0.323. The van der Waals surface area contributed by atoms with Gasteiger partial charge in [-0.15, -0.1) is 23.5 Å². The van der Waals surface area contributed by atoms with Crippen LogP contribution in [0, 0.1) is 5.92 Å². The molecule has 7 heteroatoms. The number of thioether (sulfide) groups is 2. The van der Waals surface area contributed by atoms with Crippen LogP contribution in [0.5, 0.6) is 0 Å². The van der Waals surface area contributed by atoms with Gasteiger partial charge in [0.15, 0.2) is 10.2 Å². The lowest BCUT2D eigenvalue weighted by Gasteiger charge is -2.47. The molecule has 0 aromatic carbocycles. The zero-order chi connectivity index (χ0) is 15.4. The Morgan fingerprint density at radius 2 is 2.10 bits per heavy atom. The number of aliphatic hydroxyl groups is 1. The second kappa shape index (κ2) is 5.07. The minimum Gasteiger partial charge on any atom is -0.388 e. The summed E-state index contributed by atoms with van der Waals surface area (Å²) >= 11 is 2.74. The van der Waals surface area contributed by atoms with Crippen molar-refractivity contribution in [3.63, 3.8) is 0 Å². The third-order valence-electron chi connectivity index (χ3n) is 4.50. The summed E-state index contributed by atoms with van der Waals surface area (Å²) in [5.41, 5.74) is 0.842. The maximum absolute atomic E-state index is 13.0. The predicted octanol–water partition coefficient (Wildman–Crippen LogP) is 0.522. The van der Waals surface area contributed by atoms with Crippen molar-refractivity contribution in [1.82, 2.24) is 9.80 Å². The molecular weight excluding hydrogens is 308 g/mol. The van der Waals surface area contributed by atoms with E-state index >= 15 is 0 Å². The number of aliphatic hydroxyl groups excluding tert-OH is 1. The Balaban J connectivity index is 2.14. The van der Waals surface area contributed by atoms with E-state index in [-0.39, 0.29) is 17.7 Å². The number of carbonyl (C=O) groups excluding carboxylic acids is 2. The molecule has 114 valence electrons. The van der Waals surface area contributed by atoms with Gasteiger partial charge < -0.3 is 14.9 Å². The summed E-state index contributed by atoms with van der Waals surface area (Å²) in [7, 11) is 1.68. The summed E-state index contributed by atoms with van der Waals surface area (Å²) in [6.07, 6.45) is 8.41. The van der Waals surface area contributed by atoms with Gasteiger partial charge in [-0.25, -0.2) is 0 Å². The van der Waals surface area contributed by atoms with E-state index in [2.05, 4.69) is 0 Å². The van der Waals surface area contributed by atoms with Crippen LogP contribution < -0.4 is 0 Å². The molecule has 1 N–H and O–H groups in total. The maximum Gasteiger partial charge on any atom is 0.264 e. The molecule has 0 bridgehead atoms. The Morgan fingerprint density at radius 1 is 1.38 bits per heavy atom. The molecule has 2 aliphatic heterocycles. The number of hydrogen-bond donors (Lipinski definition) is 1. The molecule has 0 radical (unpaired) electrons. The second-order valence-electron chi connectivity index (χ2n) is 5.41. The van der Waals surface area contributed by atoms with Crippen LogP contribution in [0.2, 0.25) is 0 Å². The highest BCUT2D eigenvalue weighted by atomic mass is 32.2. The van der Waals surface area contributed by atoms with Gasteiger partial charge in [0, 0.05) is 19.5 Å². The van der Waals surface area contributed by atoms with E-state index in [0.29, 0.717) is 6.54 Å². The van der Waals surface area contributed by atoms with Crippen molar-refractivity contribution in [1.29, 1.82) is 0 Å². The lowest BCUT2D eigenvalue weighted by molar-refractivity contribution is -0.154. The van der Waals surface area contributed by atoms with Crippen molar-refractivity contribution in [3.05, 3.63) is 23.8 Å². The van der Waals surface area contributed by atoms with Gasteiger partial charge in [0.25, 0.3) is 11.8 Å². The van der Waals surface area contributed by atoms with Crippen LogP contribution in [-0.2, 0) is 9.59 Å². The van der Waals surface area contributed by atoms with Crippen LogP contribution in [0.4, 0.5) is 0 Å². The van der Waals surface area contributed by atoms with Gasteiger partial charge in [0.1, 0.15) is 0 Å². The smallest absolute Gasteiger partial charge is 0.264 e. The number of carbonyl (C=O) groups is 2. The van der Waals surface area contributed by atoms with Gasteiger partial charge >= 0.3 is 0 Å². The summed E-state index contributed by atoms with van der Waals surface area (Å²) < 4.78 is 0. The van der Waals surface area contributed by atoms with Gasteiger partial charge in [-0.2, -0.15) is 0 Å². The third kappa shape index (κ3) is 1.77. The number of piperazine rings is 1. The third-order valence-corrected chi connectivity index (χ3v) is 6.69. The molecular formula is C14H18N2O3S2. The Morgan fingerprint density at radius 3 is 2.71 bits per heavy atom. The SMILES string of the molecule is CS[C@@H]1C(=O)N2C[C@H]3C(=CC=C[C@@H]3O)[C@@]2(SC)C(=O)N1C. The molecule has 2 fully saturated rings. The molecule has 0 saturated carbocycles. The number of rotatable bonds is 2. The highest BCUT2D eigenvalue weighted by Crippen LogP contribution is 2.51. The Kier molecular flexibility index (Phi) is 3.62. The Bertz CT molecular complexity index is 562. The highest BCUT2D eigenvalue weighted by molar-refractivity contribution is 8.01. The normalized spacial score (nSPS) is 38.5. The van der Waals surface area contributed by atoms with Crippen molar-refractivity contribution >= 4 is 35.3 Å². The van der Waals surface area contributed by atoms with Crippen molar-refractivity contribution in [3.8, 4) is 0 Å². The van der Waals surface area contributed by atoms with E-state index in [1.165, 1.54) is 28.4 Å². The molecule has 3 rings (SSSR count). The monoisotopic (exact) mass is 326 g/mol. The first-order chi connectivity index (χ1) is 9.98. The largest absolute Gasteiger partial charge is 0.388 e. The van der Waals surface area contributed by atoms with E-state index in [1.807, 2.05) is 18.6 Å². The Hall–Kier alpha value is -0.920. The number of allylic oxidation sites excluding steroid dienone is 2. The van der Waals surface area contributed by atoms with Gasteiger partial charge in [0.05, 0.1) is 6.10 Å². The van der Waals surface area contributed by atoms with E-state index in [0.717, 1.165) is 5.57 Å². The van der Waals surface area contributed by atoms with Crippen LogP contribution in [0.25, 0.3) is 0 Å². The van der Waals surface area contributed by atoms with Gasteiger partial charge in [-0.1, -0.05) is 18.2 Å². The molecule has 4 atom stereocenters. The first-order valence-corrected chi connectivity index (χ1v) is 9.24. The summed E-state index contributed by atoms with van der Waals surface area (Å²) in [6, 6.07) is 0. The standard InChI is InChI=1S/C14H18N2O3S2/c1-15-12(20-2)11(18)16-7-8-9(5-4-6-10(8)17)14(16,21-3)13(15)19/h4-6,8,10,12,17H,7H2,1-3H3/t8-,10-,12+,14+/m0/s1. The molecule has 0 unspecified atom stereocenters. The fourth-order valence-electron chi connectivity index (χ4n) is 3.47. The molecule has 2 amide bonds. The summed E-state index contributed by atoms with van der Waals surface area (Å²) in [6.45, 7) is 0.396. The average Bonchev–Trinajstić information content (AvgIpc) is 2.83. The lowest BCUT2D eigenvalue weighted by Crippen LogP contribution is -2.66. The van der Waals surface area contributed by atoms with Gasteiger partial charge in [-0.05, 0) is 18.1 Å². The molecule has 3 aliphatic rings. The van der Waals surface area contributed by atoms with E-state index in [1.54, 1.807) is 24.1 Å². The minimum absolute atomic E-state index is 0.0542. The van der Waals surface area contributed by atoms with Crippen LogP contribution >= 0.6 is 23.5 Å². The minimum atomic E-state index is -0.992. The van der Waals surface area contributed by atoms with Gasteiger partial charge in [-0.3, -0.25) is 9.59 Å². The molecule has 0 aromatic rings. The fraction of sp³-hybridized carbons (Fsp3) is 0.571. The molecule has 0 spiro atoms. The number of amides is 2. The molecule has 0 aromatic heterocycles. The maximum atomic E-state index is 13.0. The highest BCUT2D eigenvalue weighted by Gasteiger charge is 2.63. The first-order valence-electron chi connectivity index (χ1n) is 6.72. The van der Waals surface area contributed by atoms with Crippen molar-refractivity contribution in [2.45, 2.75) is 16.3 Å². The number of fused-ring (bicyclic) bond motifs is 3. The first kappa shape index (κ1) is 15.0. The quantitative estimate of drug-likeness (QED) is 0.802. The summed E-state index contributed by atoms with van der Waals surface area (Å²) in [5, 5.41) is 9.71. The number of nitrogens with zero attached hydrogens (tertiary/aromatic N) is 2. The molecule has 21 heavy (non-hydrogen) atoms. The molecule has 2 heterocycles. The van der Waals surface area contributed by atoms with E-state index in [4.69, 9.17) is 0 Å². The number of likely N-dealkylation sites (N-methyl/N-ethyl adjacent to an activating group) is 1. The van der Waals surface area contributed by atoms with Crippen LogP contribution in [0.15, 0.2) is 23.8 Å². The van der Waals surface area contributed by atoms with Crippen LogP contribution in [0.3, 0.4) is 0 Å². The van der Waals surface area contributed by atoms with E-state index < -0.39 is 16.3 Å². The molecule has 2 saturated heterocycles. The van der Waals surface area contributed by atoms with Gasteiger partial charge in [0.2, 0.25) is 0 Å².